The zero-order valence-corrected chi connectivity index (χ0v) is 14.3. The van der Waals surface area contributed by atoms with E-state index in [1.54, 1.807) is 13.2 Å². The Hall–Kier alpha value is -1.75. The van der Waals surface area contributed by atoms with Crippen molar-refractivity contribution in [3.8, 4) is 5.75 Å². The summed E-state index contributed by atoms with van der Waals surface area (Å²) in [5.74, 6) is 0.567. The first-order chi connectivity index (χ1) is 10.1. The van der Waals surface area contributed by atoms with Gasteiger partial charge in [0.15, 0.2) is 0 Å². The molecule has 1 amide bonds. The number of nitrogens with one attached hydrogen (secondary N) is 1. The second-order valence-corrected chi connectivity index (χ2v) is 7.16. The highest BCUT2D eigenvalue weighted by molar-refractivity contribution is 5.87. The molecule has 0 aliphatic rings. The Morgan fingerprint density at radius 2 is 1.86 bits per heavy atom. The van der Waals surface area contributed by atoms with Crippen LogP contribution in [0.4, 0.5) is 10.5 Å². The van der Waals surface area contributed by atoms with Crippen LogP contribution in [0, 0.1) is 5.41 Å². The van der Waals surface area contributed by atoms with Gasteiger partial charge in [0.05, 0.1) is 12.8 Å². The molecule has 1 aromatic carbocycles. The Morgan fingerprint density at radius 1 is 1.23 bits per heavy atom. The van der Waals surface area contributed by atoms with E-state index in [1.807, 2.05) is 46.8 Å². The number of anilines is 1. The van der Waals surface area contributed by atoms with Crippen molar-refractivity contribution in [2.24, 2.45) is 5.41 Å². The minimum absolute atomic E-state index is 0.104. The van der Waals surface area contributed by atoms with Crippen LogP contribution in [0.5, 0.6) is 5.75 Å². The number of benzene rings is 1. The Labute approximate surface area is 132 Å². The first-order valence-corrected chi connectivity index (χ1v) is 7.34. The van der Waals surface area contributed by atoms with Gasteiger partial charge in [0.1, 0.15) is 11.4 Å². The third kappa shape index (κ3) is 5.93. The van der Waals surface area contributed by atoms with Gasteiger partial charge in [-0.25, -0.2) is 4.79 Å². The van der Waals surface area contributed by atoms with E-state index in [2.05, 4.69) is 5.32 Å². The SMILES string of the molecule is COc1cc(CC(C)(C)CO)ccc1NC(=O)OC(C)(C)C. The monoisotopic (exact) mass is 309 g/mol. The number of aliphatic hydroxyl groups is 1. The minimum atomic E-state index is -0.553. The molecule has 2 N–H and O–H groups in total. The fourth-order valence-electron chi connectivity index (χ4n) is 1.97. The van der Waals surface area contributed by atoms with Crippen LogP contribution in [0.3, 0.4) is 0 Å². The highest BCUT2D eigenvalue weighted by Crippen LogP contribution is 2.29. The van der Waals surface area contributed by atoms with Crippen molar-refractivity contribution < 1.29 is 19.4 Å². The number of hydrogen-bond acceptors (Lipinski definition) is 4. The van der Waals surface area contributed by atoms with Crippen molar-refractivity contribution in [3.05, 3.63) is 23.8 Å². The van der Waals surface area contributed by atoms with Gasteiger partial charge >= 0.3 is 6.09 Å². The molecule has 5 heteroatoms. The number of carbonyl (C=O) groups excluding carboxylic acids is 1. The van der Waals surface area contributed by atoms with Crippen LogP contribution < -0.4 is 10.1 Å². The van der Waals surface area contributed by atoms with Crippen molar-refractivity contribution in [2.75, 3.05) is 19.0 Å². The molecule has 0 spiro atoms. The van der Waals surface area contributed by atoms with Crippen molar-refractivity contribution >= 4 is 11.8 Å². The molecule has 0 saturated heterocycles. The van der Waals surface area contributed by atoms with E-state index >= 15 is 0 Å². The molecule has 1 aromatic rings. The lowest BCUT2D eigenvalue weighted by Gasteiger charge is -2.23. The van der Waals surface area contributed by atoms with Gasteiger partial charge < -0.3 is 14.6 Å². The van der Waals surface area contributed by atoms with Gasteiger partial charge in [-0.15, -0.1) is 0 Å². The first-order valence-electron chi connectivity index (χ1n) is 7.34. The largest absolute Gasteiger partial charge is 0.495 e. The van der Waals surface area contributed by atoms with E-state index < -0.39 is 11.7 Å². The molecule has 0 saturated carbocycles. The summed E-state index contributed by atoms with van der Waals surface area (Å²) in [5, 5.41) is 12.0. The van der Waals surface area contributed by atoms with Gasteiger partial charge in [-0.1, -0.05) is 19.9 Å². The fourth-order valence-corrected chi connectivity index (χ4v) is 1.97. The molecule has 0 aliphatic carbocycles. The summed E-state index contributed by atoms with van der Waals surface area (Å²) >= 11 is 0. The standard InChI is InChI=1S/C17H27NO4/c1-16(2,3)22-15(20)18-13-8-7-12(9-14(13)21-6)10-17(4,5)11-19/h7-9,19H,10-11H2,1-6H3,(H,18,20). The number of amides is 1. The zero-order valence-electron chi connectivity index (χ0n) is 14.3. The Kier molecular flexibility index (Phi) is 5.83. The van der Waals surface area contributed by atoms with Crippen molar-refractivity contribution in [3.63, 3.8) is 0 Å². The second kappa shape index (κ2) is 7.01. The van der Waals surface area contributed by atoms with Gasteiger partial charge in [0.2, 0.25) is 0 Å². The van der Waals surface area contributed by atoms with E-state index in [4.69, 9.17) is 9.47 Å². The molecule has 5 nitrogen and oxygen atoms in total. The summed E-state index contributed by atoms with van der Waals surface area (Å²) in [6.07, 6.45) is 0.196. The average Bonchev–Trinajstić information content (AvgIpc) is 2.38. The predicted molar refractivity (Wildman–Crippen MR) is 87.4 cm³/mol. The smallest absolute Gasteiger partial charge is 0.412 e. The van der Waals surface area contributed by atoms with E-state index in [9.17, 15) is 9.90 Å². The molecule has 1 rings (SSSR count). The highest BCUT2D eigenvalue weighted by Gasteiger charge is 2.20. The van der Waals surface area contributed by atoms with Crippen LogP contribution in [-0.4, -0.2) is 30.5 Å². The molecule has 0 bridgehead atoms. The van der Waals surface area contributed by atoms with Gasteiger partial charge in [-0.2, -0.15) is 0 Å². The normalized spacial score (nSPS) is 12.0. The fraction of sp³-hybridized carbons (Fsp3) is 0.588. The number of aliphatic hydroxyl groups excluding tert-OH is 1. The summed E-state index contributed by atoms with van der Waals surface area (Å²) in [6, 6.07) is 5.56. The summed E-state index contributed by atoms with van der Waals surface area (Å²) in [5.41, 5.74) is 0.834. The number of carbonyl (C=O) groups is 1. The third-order valence-electron chi connectivity index (χ3n) is 3.01. The molecule has 0 radical (unpaired) electrons. The number of rotatable bonds is 5. The first kappa shape index (κ1) is 18.3. The topological polar surface area (TPSA) is 67.8 Å². The molecule has 22 heavy (non-hydrogen) atoms. The predicted octanol–water partition coefficient (Wildman–Crippen LogP) is 3.60. The van der Waals surface area contributed by atoms with Crippen LogP contribution in [0.25, 0.3) is 0 Å². The Balaban J connectivity index is 2.88. The molecule has 0 atom stereocenters. The molecule has 124 valence electrons. The second-order valence-electron chi connectivity index (χ2n) is 7.16. The lowest BCUT2D eigenvalue weighted by atomic mass is 9.86. The van der Waals surface area contributed by atoms with Crippen molar-refractivity contribution in [2.45, 2.75) is 46.6 Å². The average molecular weight is 309 g/mol. The van der Waals surface area contributed by atoms with E-state index in [0.29, 0.717) is 17.9 Å². The van der Waals surface area contributed by atoms with Crippen LogP contribution in [0.1, 0.15) is 40.2 Å². The van der Waals surface area contributed by atoms with E-state index in [1.165, 1.54) is 0 Å². The van der Waals surface area contributed by atoms with Crippen molar-refractivity contribution in [1.29, 1.82) is 0 Å². The molecule has 0 heterocycles. The summed E-state index contributed by atoms with van der Waals surface area (Å²) in [6.45, 7) is 9.52. The van der Waals surface area contributed by atoms with Gasteiger partial charge in [-0.05, 0) is 50.3 Å². The van der Waals surface area contributed by atoms with Crippen LogP contribution >= 0.6 is 0 Å². The zero-order chi connectivity index (χ0) is 17.0. The summed E-state index contributed by atoms with van der Waals surface area (Å²) in [4.78, 5) is 11.8. The molecular weight excluding hydrogens is 282 g/mol. The highest BCUT2D eigenvalue weighted by atomic mass is 16.6. The van der Waals surface area contributed by atoms with Crippen LogP contribution in [-0.2, 0) is 11.2 Å². The lowest BCUT2D eigenvalue weighted by molar-refractivity contribution is 0.0635. The van der Waals surface area contributed by atoms with Crippen LogP contribution in [0.2, 0.25) is 0 Å². The van der Waals surface area contributed by atoms with Gasteiger partial charge in [-0.3, -0.25) is 5.32 Å². The molecule has 0 unspecified atom stereocenters. The Bertz CT molecular complexity index is 518. The molecule has 0 fully saturated rings. The number of hydrogen-bond donors (Lipinski definition) is 2. The number of ether oxygens (including phenoxy) is 2. The molecule has 0 aromatic heterocycles. The summed E-state index contributed by atoms with van der Waals surface area (Å²) in [7, 11) is 1.55. The lowest BCUT2D eigenvalue weighted by Crippen LogP contribution is -2.27. The van der Waals surface area contributed by atoms with E-state index in [0.717, 1.165) is 5.56 Å². The maximum absolute atomic E-state index is 11.8. The minimum Gasteiger partial charge on any atom is -0.495 e. The maximum atomic E-state index is 11.8. The number of methoxy groups -OCH3 is 1. The van der Waals surface area contributed by atoms with Crippen LogP contribution in [0.15, 0.2) is 18.2 Å². The molecule has 0 aliphatic heterocycles. The molecular formula is C17H27NO4. The third-order valence-corrected chi connectivity index (χ3v) is 3.01. The van der Waals surface area contributed by atoms with Gasteiger partial charge in [0, 0.05) is 6.61 Å². The quantitative estimate of drug-likeness (QED) is 0.872. The Morgan fingerprint density at radius 3 is 2.36 bits per heavy atom. The maximum Gasteiger partial charge on any atom is 0.412 e. The summed E-state index contributed by atoms with van der Waals surface area (Å²) < 4.78 is 10.6. The van der Waals surface area contributed by atoms with Crippen molar-refractivity contribution in [1.82, 2.24) is 0 Å². The van der Waals surface area contributed by atoms with Gasteiger partial charge in [0.25, 0.3) is 0 Å². The van der Waals surface area contributed by atoms with E-state index in [-0.39, 0.29) is 12.0 Å².